The zero-order chi connectivity index (χ0) is 15.1. The quantitative estimate of drug-likeness (QED) is 0.508. The monoisotopic (exact) mass is 343 g/mol. The van der Waals surface area contributed by atoms with E-state index in [2.05, 4.69) is 78.0 Å². The smallest absolute Gasteiger partial charge is 0.109 e. The van der Waals surface area contributed by atoms with Crippen molar-refractivity contribution in [1.82, 2.24) is 0 Å². The molecule has 2 aliphatic rings. The Bertz CT molecular complexity index is 570. The van der Waals surface area contributed by atoms with Crippen LogP contribution in [0.2, 0.25) is 0 Å². The van der Waals surface area contributed by atoms with Gasteiger partial charge in [-0.3, -0.25) is 0 Å². The molecule has 1 nitrogen and oxygen atoms in total. The highest BCUT2D eigenvalue weighted by atomic mass is 79.9. The molecule has 0 aromatic carbocycles. The summed E-state index contributed by atoms with van der Waals surface area (Å²) < 4.78 is 0.843. The van der Waals surface area contributed by atoms with Crippen LogP contribution in [-0.2, 0) is 0 Å². The molecule has 1 aliphatic carbocycles. The van der Waals surface area contributed by atoms with E-state index < -0.39 is 0 Å². The van der Waals surface area contributed by atoms with Crippen LogP contribution in [0.4, 0.5) is 0 Å². The number of hydrogen-bond donors (Lipinski definition) is 0. The fourth-order valence-electron chi connectivity index (χ4n) is 2.34. The van der Waals surface area contributed by atoms with Gasteiger partial charge in [0.05, 0.1) is 5.70 Å². The van der Waals surface area contributed by atoms with Gasteiger partial charge in [-0.2, -0.15) is 0 Å². The Kier molecular flexibility index (Phi) is 6.19. The molecule has 1 atom stereocenters. The van der Waals surface area contributed by atoms with Crippen molar-refractivity contribution in [1.29, 1.82) is 0 Å². The Morgan fingerprint density at radius 3 is 2.90 bits per heavy atom. The lowest BCUT2D eigenvalue weighted by Crippen LogP contribution is -2.00. The van der Waals surface area contributed by atoms with Crippen LogP contribution in [0.15, 0.2) is 77.0 Å². The lowest BCUT2D eigenvalue weighted by Gasteiger charge is -2.14. The van der Waals surface area contributed by atoms with Gasteiger partial charge in [0, 0.05) is 0 Å². The van der Waals surface area contributed by atoms with Crippen molar-refractivity contribution in [3.63, 3.8) is 0 Å². The highest BCUT2D eigenvalue weighted by Crippen LogP contribution is 2.26. The molecular weight excluding hydrogens is 322 g/mol. The fourth-order valence-corrected chi connectivity index (χ4v) is 2.70. The molecule has 1 aliphatic heterocycles. The SMILES string of the molecule is C=C1C/C=C\C=C/C(C)C/C2=C\CC/C=C/C=C2/N=C\1Br. The summed E-state index contributed by atoms with van der Waals surface area (Å²) in [7, 11) is 0. The predicted molar refractivity (Wildman–Crippen MR) is 96.7 cm³/mol. The van der Waals surface area contributed by atoms with Gasteiger partial charge in [0.25, 0.3) is 0 Å². The van der Waals surface area contributed by atoms with E-state index in [1.807, 2.05) is 0 Å². The minimum absolute atomic E-state index is 0.504. The highest BCUT2D eigenvalue weighted by molar-refractivity contribution is 9.18. The maximum atomic E-state index is 4.77. The van der Waals surface area contributed by atoms with Crippen molar-refractivity contribution in [2.45, 2.75) is 32.6 Å². The summed E-state index contributed by atoms with van der Waals surface area (Å²) in [6, 6.07) is 0. The second-order valence-electron chi connectivity index (χ2n) is 5.49. The maximum Gasteiger partial charge on any atom is 0.109 e. The molecule has 2 heteroatoms. The minimum atomic E-state index is 0.504. The van der Waals surface area contributed by atoms with Gasteiger partial charge in [-0.15, -0.1) is 0 Å². The summed E-state index contributed by atoms with van der Waals surface area (Å²) in [5, 5.41) is 0. The first kappa shape index (κ1) is 16.0. The third kappa shape index (κ3) is 5.13. The van der Waals surface area contributed by atoms with Gasteiger partial charge in [-0.05, 0) is 64.8 Å². The van der Waals surface area contributed by atoms with Gasteiger partial charge in [0.1, 0.15) is 4.62 Å². The predicted octanol–water partition coefficient (Wildman–Crippen LogP) is 6.04. The fraction of sp³-hybridized carbons (Fsp3) is 0.316. The van der Waals surface area contributed by atoms with Gasteiger partial charge in [0.2, 0.25) is 0 Å². The number of halogens is 1. The summed E-state index contributed by atoms with van der Waals surface area (Å²) in [5.41, 5.74) is 3.37. The molecule has 110 valence electrons. The normalized spacial score (nSPS) is 35.8. The van der Waals surface area contributed by atoms with E-state index in [-0.39, 0.29) is 0 Å². The summed E-state index contributed by atoms with van der Waals surface area (Å²) in [4.78, 5) is 4.77. The lowest BCUT2D eigenvalue weighted by molar-refractivity contribution is 0.715. The zero-order valence-electron chi connectivity index (χ0n) is 12.6. The number of hydrogen-bond acceptors (Lipinski definition) is 1. The van der Waals surface area contributed by atoms with Crippen molar-refractivity contribution in [3.8, 4) is 0 Å². The minimum Gasteiger partial charge on any atom is -0.241 e. The topological polar surface area (TPSA) is 12.4 Å². The Balaban J connectivity index is 2.41. The average Bonchev–Trinajstić information content (AvgIpc) is 2.44. The van der Waals surface area contributed by atoms with Gasteiger partial charge >= 0.3 is 0 Å². The largest absolute Gasteiger partial charge is 0.241 e. The Morgan fingerprint density at radius 1 is 1.19 bits per heavy atom. The molecule has 21 heavy (non-hydrogen) atoms. The molecule has 0 radical (unpaired) electrons. The van der Waals surface area contributed by atoms with E-state index in [9.17, 15) is 0 Å². The summed E-state index contributed by atoms with van der Waals surface area (Å²) in [5.74, 6) is 0.504. The van der Waals surface area contributed by atoms with Crippen LogP contribution in [0.5, 0.6) is 0 Å². The molecule has 0 fully saturated rings. The molecule has 0 spiro atoms. The van der Waals surface area contributed by atoms with Crippen LogP contribution in [0.3, 0.4) is 0 Å². The summed E-state index contributed by atoms with van der Waals surface area (Å²) >= 11 is 3.57. The molecule has 0 bridgehead atoms. The molecular formula is C19H22BrN. The molecule has 2 rings (SSSR count). The molecule has 0 aromatic heterocycles. The molecule has 0 saturated carbocycles. The zero-order valence-corrected chi connectivity index (χ0v) is 14.1. The van der Waals surface area contributed by atoms with E-state index in [1.54, 1.807) is 0 Å². The second kappa shape index (κ2) is 8.14. The first-order chi connectivity index (χ1) is 10.2. The van der Waals surface area contributed by atoms with Gasteiger partial charge in [-0.25, -0.2) is 4.99 Å². The van der Waals surface area contributed by atoms with Crippen LogP contribution >= 0.6 is 15.9 Å². The standard InChI is InChI=1S/C19H22BrN/c1-15-10-6-5-7-11-16(2)19(20)21-18-13-9-4-3-8-12-17(18)14-15/h4-7,9-10,12-13,15H,2-3,8,11,14H2,1H3/b7-5-,9-4+,10-6-,17-12+,18-13+,21-19+. The number of allylic oxidation sites excluding steroid dienone is 10. The summed E-state index contributed by atoms with van der Waals surface area (Å²) in [6.45, 7) is 6.35. The number of aliphatic imine (C=N–C) groups is 1. The van der Waals surface area contributed by atoms with Crippen LogP contribution in [0.1, 0.15) is 32.6 Å². The van der Waals surface area contributed by atoms with Crippen LogP contribution < -0.4 is 0 Å². The van der Waals surface area contributed by atoms with E-state index >= 15 is 0 Å². The van der Waals surface area contributed by atoms with Crippen molar-refractivity contribution in [2.75, 3.05) is 0 Å². The third-order valence-electron chi connectivity index (χ3n) is 3.55. The van der Waals surface area contributed by atoms with E-state index in [0.29, 0.717) is 5.92 Å². The van der Waals surface area contributed by atoms with Gasteiger partial charge in [0.15, 0.2) is 0 Å². The van der Waals surface area contributed by atoms with Crippen LogP contribution in [-0.4, -0.2) is 4.62 Å². The molecule has 1 heterocycles. The first-order valence-corrected chi connectivity index (χ1v) is 8.28. The van der Waals surface area contributed by atoms with E-state index in [1.165, 1.54) is 5.57 Å². The number of nitrogens with zero attached hydrogens (tertiary/aromatic N) is 1. The molecule has 0 aromatic rings. The summed E-state index contributed by atoms with van der Waals surface area (Å²) in [6.07, 6.45) is 21.3. The third-order valence-corrected chi connectivity index (χ3v) is 4.28. The van der Waals surface area contributed by atoms with Crippen molar-refractivity contribution < 1.29 is 0 Å². The van der Waals surface area contributed by atoms with E-state index in [0.717, 1.165) is 41.6 Å². The first-order valence-electron chi connectivity index (χ1n) is 7.48. The van der Waals surface area contributed by atoms with Crippen LogP contribution in [0, 0.1) is 5.92 Å². The van der Waals surface area contributed by atoms with Gasteiger partial charge in [-0.1, -0.05) is 56.0 Å². The number of fused-ring (bicyclic) bond motifs is 1. The number of rotatable bonds is 0. The van der Waals surface area contributed by atoms with Crippen molar-refractivity contribution >= 4 is 20.6 Å². The Morgan fingerprint density at radius 2 is 2.05 bits per heavy atom. The molecule has 0 saturated heterocycles. The van der Waals surface area contributed by atoms with E-state index in [4.69, 9.17) is 4.99 Å². The molecule has 1 unspecified atom stereocenters. The Labute approximate surface area is 136 Å². The second-order valence-corrected chi connectivity index (χ2v) is 6.24. The average molecular weight is 344 g/mol. The lowest BCUT2D eigenvalue weighted by atomic mass is 9.95. The van der Waals surface area contributed by atoms with Crippen molar-refractivity contribution in [3.05, 3.63) is 72.0 Å². The Hall–Kier alpha value is -1.41. The van der Waals surface area contributed by atoms with Crippen LogP contribution in [0.25, 0.3) is 0 Å². The highest BCUT2D eigenvalue weighted by Gasteiger charge is 2.10. The van der Waals surface area contributed by atoms with Crippen molar-refractivity contribution in [2.24, 2.45) is 10.9 Å². The van der Waals surface area contributed by atoms with Gasteiger partial charge < -0.3 is 0 Å². The molecule has 0 N–H and O–H groups in total. The maximum absolute atomic E-state index is 4.77. The molecule has 0 amide bonds.